The highest BCUT2D eigenvalue weighted by atomic mass is 16.7. The largest absolute Gasteiger partial charge is 0.394 e. The maximum Gasteiger partial charge on any atom is 0.220 e. The first kappa shape index (κ1) is 82.9. The zero-order valence-electron chi connectivity index (χ0n) is 57.6. The van der Waals surface area contributed by atoms with E-state index in [1.54, 1.807) is 6.08 Å². The normalized spacial score (nSPS) is 18.0. The average Bonchev–Trinajstić information content (AvgIpc) is 2.42. The molecule has 1 rings (SSSR count). The third kappa shape index (κ3) is 54.6. The Kier molecular flexibility index (Phi) is 64.5. The van der Waals surface area contributed by atoms with Crippen LogP contribution >= 0.6 is 0 Å². The van der Waals surface area contributed by atoms with Gasteiger partial charge in [-0.3, -0.25) is 4.79 Å². The van der Waals surface area contributed by atoms with Crippen molar-refractivity contribution in [2.75, 3.05) is 13.2 Å². The Morgan fingerprint density at radius 1 is 0.384 bits per heavy atom. The van der Waals surface area contributed by atoms with Gasteiger partial charge in [0.2, 0.25) is 5.91 Å². The second kappa shape index (κ2) is 66.8. The van der Waals surface area contributed by atoms with Crippen molar-refractivity contribution >= 4 is 5.91 Å². The van der Waals surface area contributed by atoms with Gasteiger partial charge in [0.25, 0.3) is 0 Å². The van der Waals surface area contributed by atoms with Crippen LogP contribution in [0.4, 0.5) is 0 Å². The molecule has 1 aliphatic rings. The number of hydrogen-bond acceptors (Lipinski definition) is 8. The van der Waals surface area contributed by atoms with E-state index in [4.69, 9.17) is 9.47 Å². The molecule has 6 N–H and O–H groups in total. The highest BCUT2D eigenvalue weighted by Gasteiger charge is 2.44. The van der Waals surface area contributed by atoms with Crippen molar-refractivity contribution in [3.63, 3.8) is 0 Å². The first-order valence-electron chi connectivity index (χ1n) is 38.9. The van der Waals surface area contributed by atoms with E-state index in [0.29, 0.717) is 6.42 Å². The summed E-state index contributed by atoms with van der Waals surface area (Å²) < 4.78 is 11.3. The van der Waals surface area contributed by atoms with Gasteiger partial charge in [-0.05, 0) is 19.3 Å². The molecule has 0 bridgehead atoms. The Morgan fingerprint density at radius 2 is 0.640 bits per heavy atom. The van der Waals surface area contributed by atoms with Crippen LogP contribution in [-0.4, -0.2) is 87.5 Å². The predicted molar refractivity (Wildman–Crippen MR) is 369 cm³/mol. The van der Waals surface area contributed by atoms with Crippen LogP contribution in [0, 0.1) is 0 Å². The topological polar surface area (TPSA) is 149 Å². The van der Waals surface area contributed by atoms with Crippen molar-refractivity contribution in [3.8, 4) is 0 Å². The van der Waals surface area contributed by atoms with Gasteiger partial charge in [-0.1, -0.05) is 405 Å². The lowest BCUT2D eigenvalue weighted by atomic mass is 9.99. The van der Waals surface area contributed by atoms with Crippen molar-refractivity contribution in [1.82, 2.24) is 5.32 Å². The van der Waals surface area contributed by atoms with Crippen LogP contribution in [0.1, 0.15) is 418 Å². The molecule has 0 spiro atoms. The van der Waals surface area contributed by atoms with E-state index in [9.17, 15) is 30.3 Å². The van der Waals surface area contributed by atoms with Crippen molar-refractivity contribution in [3.05, 3.63) is 12.2 Å². The first-order chi connectivity index (χ1) is 42.3. The summed E-state index contributed by atoms with van der Waals surface area (Å²) in [5.74, 6) is -0.165. The van der Waals surface area contributed by atoms with Gasteiger partial charge in [0.1, 0.15) is 24.4 Å². The number of carbonyl (C=O) groups is 1. The summed E-state index contributed by atoms with van der Waals surface area (Å²) in [6, 6.07) is -0.803. The van der Waals surface area contributed by atoms with Gasteiger partial charge in [0, 0.05) is 6.42 Å². The minimum Gasteiger partial charge on any atom is -0.394 e. The zero-order chi connectivity index (χ0) is 62.1. The van der Waals surface area contributed by atoms with E-state index in [2.05, 4.69) is 19.2 Å². The average molecular weight is 1220 g/mol. The molecule has 1 amide bonds. The summed E-state index contributed by atoms with van der Waals surface area (Å²) in [7, 11) is 0. The Labute approximate surface area is 535 Å². The number of carbonyl (C=O) groups excluding carboxylic acids is 1. The van der Waals surface area contributed by atoms with Crippen LogP contribution in [0.5, 0.6) is 0 Å². The summed E-state index contributed by atoms with van der Waals surface area (Å²) in [6.07, 6.45) is 80.7. The monoisotopic (exact) mass is 1220 g/mol. The standard InChI is InChI=1S/C77H151NO8/c1-3-5-7-9-11-13-15-17-19-21-23-25-27-29-31-33-35-36-37-39-41-43-45-47-49-51-53-55-57-59-61-63-65-67-73(81)78-70(69-85-77-76(84)75(83)74(82)72(68-79)86-77)71(80)66-64-62-60-58-56-54-52-50-48-46-44-42-40-38-34-32-30-28-26-24-22-20-18-16-14-12-10-8-6-4-2/h64,66,70-72,74-77,79-80,82-84H,3-63,65,67-69H2,1-2H3,(H,78,81)/b66-64+. The third-order valence-corrected chi connectivity index (χ3v) is 19.1. The molecule has 1 fully saturated rings. The molecule has 0 aromatic rings. The smallest absolute Gasteiger partial charge is 0.220 e. The number of rotatable bonds is 70. The highest BCUT2D eigenvalue weighted by Crippen LogP contribution is 2.24. The lowest BCUT2D eigenvalue weighted by Crippen LogP contribution is -2.60. The number of amides is 1. The van der Waals surface area contributed by atoms with E-state index in [1.165, 1.54) is 360 Å². The van der Waals surface area contributed by atoms with Gasteiger partial charge in [-0.15, -0.1) is 0 Å². The van der Waals surface area contributed by atoms with Crippen molar-refractivity contribution in [2.45, 2.75) is 461 Å². The number of unbranched alkanes of at least 4 members (excludes halogenated alkanes) is 60. The molecule has 7 atom stereocenters. The van der Waals surface area contributed by atoms with E-state index in [0.717, 1.165) is 38.5 Å². The molecule has 1 aliphatic heterocycles. The summed E-state index contributed by atoms with van der Waals surface area (Å²) in [6.45, 7) is 3.86. The fourth-order valence-electron chi connectivity index (χ4n) is 13.0. The van der Waals surface area contributed by atoms with Gasteiger partial charge >= 0.3 is 0 Å². The van der Waals surface area contributed by atoms with Crippen LogP contribution in [-0.2, 0) is 14.3 Å². The van der Waals surface area contributed by atoms with E-state index < -0.39 is 49.5 Å². The van der Waals surface area contributed by atoms with Gasteiger partial charge in [0.15, 0.2) is 6.29 Å². The van der Waals surface area contributed by atoms with Crippen LogP contribution in [0.3, 0.4) is 0 Å². The van der Waals surface area contributed by atoms with Gasteiger partial charge in [0.05, 0.1) is 25.4 Å². The van der Waals surface area contributed by atoms with E-state index in [-0.39, 0.29) is 12.5 Å². The molecular weight excluding hydrogens is 1070 g/mol. The van der Waals surface area contributed by atoms with Crippen molar-refractivity contribution < 1.29 is 39.8 Å². The Hall–Kier alpha value is -1.07. The summed E-state index contributed by atoms with van der Waals surface area (Å²) in [4.78, 5) is 13.2. The fourth-order valence-corrected chi connectivity index (χ4v) is 13.0. The highest BCUT2D eigenvalue weighted by molar-refractivity contribution is 5.76. The molecule has 9 nitrogen and oxygen atoms in total. The zero-order valence-corrected chi connectivity index (χ0v) is 57.6. The Morgan fingerprint density at radius 3 is 0.907 bits per heavy atom. The van der Waals surface area contributed by atoms with Gasteiger partial charge in [-0.25, -0.2) is 0 Å². The quantitative estimate of drug-likeness (QED) is 0.0261. The molecule has 512 valence electrons. The Bertz CT molecular complexity index is 1360. The predicted octanol–water partition coefficient (Wildman–Crippen LogP) is 21.8. The molecule has 0 saturated carbocycles. The summed E-state index contributed by atoms with van der Waals surface area (Å²) in [5.41, 5.74) is 0. The molecule has 0 aromatic carbocycles. The molecule has 1 saturated heterocycles. The molecule has 0 aromatic heterocycles. The maximum atomic E-state index is 13.2. The van der Waals surface area contributed by atoms with Gasteiger partial charge < -0.3 is 40.3 Å². The third-order valence-electron chi connectivity index (χ3n) is 19.1. The molecule has 9 heteroatoms. The molecular formula is C77H151NO8. The van der Waals surface area contributed by atoms with Crippen LogP contribution in [0.25, 0.3) is 0 Å². The van der Waals surface area contributed by atoms with Crippen molar-refractivity contribution in [1.29, 1.82) is 0 Å². The first-order valence-corrected chi connectivity index (χ1v) is 38.9. The second-order valence-electron chi connectivity index (χ2n) is 27.5. The number of aliphatic hydroxyl groups is 5. The lowest BCUT2D eigenvalue weighted by molar-refractivity contribution is -0.302. The summed E-state index contributed by atoms with van der Waals surface area (Å²) in [5, 5.41) is 54.9. The molecule has 7 unspecified atom stereocenters. The lowest BCUT2D eigenvalue weighted by Gasteiger charge is -2.40. The Balaban J connectivity index is 2.07. The molecule has 86 heavy (non-hydrogen) atoms. The van der Waals surface area contributed by atoms with Crippen molar-refractivity contribution in [2.24, 2.45) is 0 Å². The second-order valence-corrected chi connectivity index (χ2v) is 27.5. The van der Waals surface area contributed by atoms with Crippen LogP contribution < -0.4 is 5.32 Å². The minimum atomic E-state index is -1.57. The number of ether oxygens (including phenoxy) is 2. The van der Waals surface area contributed by atoms with Crippen LogP contribution in [0.15, 0.2) is 12.2 Å². The number of aliphatic hydroxyl groups excluding tert-OH is 5. The maximum absolute atomic E-state index is 13.2. The molecule has 1 heterocycles. The number of nitrogens with one attached hydrogen (secondary N) is 1. The molecule has 0 radical (unpaired) electrons. The van der Waals surface area contributed by atoms with E-state index in [1.807, 2.05) is 6.08 Å². The van der Waals surface area contributed by atoms with E-state index >= 15 is 0 Å². The van der Waals surface area contributed by atoms with Gasteiger partial charge in [-0.2, -0.15) is 0 Å². The number of allylic oxidation sites excluding steroid dienone is 1. The van der Waals surface area contributed by atoms with Crippen LogP contribution in [0.2, 0.25) is 0 Å². The SMILES string of the molecule is CCCCCCCCCCCCCCCCCCCCCCCCCCCCCC/C=C/C(O)C(COC1OC(CO)C(O)C(O)C1O)NC(=O)CCCCCCCCCCCCCCCCCCCCCCCCCCCCCCCCCCC. The number of hydrogen-bond donors (Lipinski definition) is 6. The molecule has 0 aliphatic carbocycles. The summed E-state index contributed by atoms with van der Waals surface area (Å²) >= 11 is 0. The fraction of sp³-hybridized carbons (Fsp3) is 0.961. The minimum absolute atomic E-state index is 0.165.